The number of amides is 1. The number of rotatable bonds is 4. The lowest BCUT2D eigenvalue weighted by Crippen LogP contribution is -2.30. The second kappa shape index (κ2) is 7.81. The van der Waals surface area contributed by atoms with Crippen LogP contribution in [0.25, 0.3) is 11.4 Å². The number of likely N-dealkylation sites (tertiary alicyclic amines) is 1. The minimum atomic E-state index is -0.270. The zero-order chi connectivity index (χ0) is 19.7. The number of ether oxygens (including phenoxy) is 1. The molecule has 3 aromatic rings. The molecule has 1 aliphatic heterocycles. The molecular weight excluding hydrogens is 401 g/mol. The molecule has 0 aliphatic carbocycles. The normalized spacial score (nSPS) is 16.4. The minimum Gasteiger partial charge on any atom is -0.497 e. The first kappa shape index (κ1) is 18.8. The van der Waals surface area contributed by atoms with Crippen LogP contribution in [-0.2, 0) is 0 Å². The van der Waals surface area contributed by atoms with Gasteiger partial charge in [0.05, 0.1) is 17.2 Å². The Bertz CT molecular complexity index is 1020. The maximum Gasteiger partial charge on any atom is 0.254 e. The van der Waals surface area contributed by atoms with Gasteiger partial charge in [-0.25, -0.2) is 0 Å². The molecular formula is C20H17Cl2N3O3. The Morgan fingerprint density at radius 1 is 1.21 bits per heavy atom. The summed E-state index contributed by atoms with van der Waals surface area (Å²) in [5, 5.41) is 4.84. The van der Waals surface area contributed by atoms with Crippen LogP contribution >= 0.6 is 23.2 Å². The van der Waals surface area contributed by atoms with E-state index in [-0.39, 0.29) is 11.9 Å². The maximum atomic E-state index is 13.0. The van der Waals surface area contributed by atoms with Crippen molar-refractivity contribution >= 4 is 29.1 Å². The van der Waals surface area contributed by atoms with Gasteiger partial charge in [0.25, 0.3) is 5.91 Å². The van der Waals surface area contributed by atoms with Crippen molar-refractivity contribution in [3.63, 3.8) is 0 Å². The Morgan fingerprint density at radius 2 is 2.07 bits per heavy atom. The summed E-state index contributed by atoms with van der Waals surface area (Å²) < 4.78 is 10.7. The lowest BCUT2D eigenvalue weighted by Gasteiger charge is -2.22. The summed E-state index contributed by atoms with van der Waals surface area (Å²) in [5.41, 5.74) is 1.27. The topological polar surface area (TPSA) is 68.5 Å². The van der Waals surface area contributed by atoms with Crippen LogP contribution in [0.1, 0.15) is 35.1 Å². The maximum absolute atomic E-state index is 13.0. The summed E-state index contributed by atoms with van der Waals surface area (Å²) in [4.78, 5) is 19.2. The summed E-state index contributed by atoms with van der Waals surface area (Å²) in [6, 6.07) is 12.0. The van der Waals surface area contributed by atoms with Gasteiger partial charge in [-0.2, -0.15) is 4.98 Å². The lowest BCUT2D eigenvalue weighted by molar-refractivity contribution is 0.0710. The predicted octanol–water partition coefficient (Wildman–Crippen LogP) is 5.03. The summed E-state index contributed by atoms with van der Waals surface area (Å²) in [7, 11) is 1.60. The molecule has 0 radical (unpaired) electrons. The van der Waals surface area contributed by atoms with Crippen molar-refractivity contribution in [2.75, 3.05) is 13.7 Å². The minimum absolute atomic E-state index is 0.137. The van der Waals surface area contributed by atoms with Crippen molar-refractivity contribution in [1.29, 1.82) is 0 Å². The van der Waals surface area contributed by atoms with Crippen LogP contribution in [-0.4, -0.2) is 34.6 Å². The molecule has 0 bridgehead atoms. The van der Waals surface area contributed by atoms with Gasteiger partial charge in [0.1, 0.15) is 11.8 Å². The molecule has 6 nitrogen and oxygen atoms in total. The second-order valence-electron chi connectivity index (χ2n) is 6.47. The number of hydrogen-bond acceptors (Lipinski definition) is 5. The van der Waals surface area contributed by atoms with Gasteiger partial charge < -0.3 is 14.2 Å². The first-order chi connectivity index (χ1) is 13.6. The van der Waals surface area contributed by atoms with Crippen LogP contribution in [0.5, 0.6) is 5.75 Å². The van der Waals surface area contributed by atoms with Crippen LogP contribution in [0.2, 0.25) is 10.0 Å². The summed E-state index contributed by atoms with van der Waals surface area (Å²) >= 11 is 12.0. The number of benzene rings is 2. The monoisotopic (exact) mass is 417 g/mol. The quantitative estimate of drug-likeness (QED) is 0.595. The molecule has 1 amide bonds. The van der Waals surface area contributed by atoms with E-state index in [0.717, 1.165) is 18.4 Å². The molecule has 1 aliphatic rings. The number of carbonyl (C=O) groups excluding carboxylic acids is 1. The number of methoxy groups -OCH3 is 1. The Labute approximate surface area is 172 Å². The summed E-state index contributed by atoms with van der Waals surface area (Å²) in [5.74, 6) is 1.45. The van der Waals surface area contributed by atoms with Crippen LogP contribution < -0.4 is 4.74 Å². The molecule has 0 saturated carbocycles. The van der Waals surface area contributed by atoms with E-state index in [1.165, 1.54) is 0 Å². The standard InChI is InChI=1S/C20H17Cl2N3O3/c1-27-14-5-2-4-12(10-14)18-23-19(28-24-18)17-6-3-9-25(17)20(26)13-7-8-15(21)16(22)11-13/h2,4-5,7-8,10-11,17H,3,6,9H2,1H3. The van der Waals surface area contributed by atoms with E-state index in [4.69, 9.17) is 32.5 Å². The molecule has 8 heteroatoms. The highest BCUT2D eigenvalue weighted by Crippen LogP contribution is 2.34. The number of nitrogens with zero attached hydrogens (tertiary/aromatic N) is 3. The molecule has 1 fully saturated rings. The van der Waals surface area contributed by atoms with E-state index >= 15 is 0 Å². The molecule has 1 atom stereocenters. The molecule has 28 heavy (non-hydrogen) atoms. The fourth-order valence-corrected chi connectivity index (χ4v) is 3.61. The van der Waals surface area contributed by atoms with Crippen molar-refractivity contribution in [1.82, 2.24) is 15.0 Å². The van der Waals surface area contributed by atoms with Gasteiger partial charge >= 0.3 is 0 Å². The predicted molar refractivity (Wildman–Crippen MR) is 106 cm³/mol. The van der Waals surface area contributed by atoms with Crippen molar-refractivity contribution in [3.8, 4) is 17.1 Å². The molecule has 144 valence electrons. The fraction of sp³-hybridized carbons (Fsp3) is 0.250. The van der Waals surface area contributed by atoms with Gasteiger partial charge in [-0.15, -0.1) is 0 Å². The van der Waals surface area contributed by atoms with E-state index < -0.39 is 0 Å². The molecule has 1 unspecified atom stereocenters. The highest BCUT2D eigenvalue weighted by Gasteiger charge is 2.34. The van der Waals surface area contributed by atoms with E-state index in [1.807, 2.05) is 24.3 Å². The first-order valence-electron chi connectivity index (χ1n) is 8.81. The van der Waals surface area contributed by atoms with Crippen LogP contribution in [0.4, 0.5) is 0 Å². The summed E-state index contributed by atoms with van der Waals surface area (Å²) in [6.07, 6.45) is 1.61. The van der Waals surface area contributed by atoms with Gasteiger partial charge in [-0.3, -0.25) is 4.79 Å². The smallest absolute Gasteiger partial charge is 0.254 e. The number of hydrogen-bond donors (Lipinski definition) is 0. The zero-order valence-electron chi connectivity index (χ0n) is 15.1. The molecule has 0 N–H and O–H groups in total. The number of aromatic nitrogens is 2. The van der Waals surface area contributed by atoms with Crippen molar-refractivity contribution in [3.05, 3.63) is 64.0 Å². The van der Waals surface area contributed by atoms with Crippen molar-refractivity contribution in [2.45, 2.75) is 18.9 Å². The average Bonchev–Trinajstić information content (AvgIpc) is 3.39. The van der Waals surface area contributed by atoms with E-state index in [9.17, 15) is 4.79 Å². The van der Waals surface area contributed by atoms with Gasteiger partial charge in [0, 0.05) is 17.7 Å². The average molecular weight is 418 g/mol. The molecule has 4 rings (SSSR count). The second-order valence-corrected chi connectivity index (χ2v) is 7.29. The molecule has 2 heterocycles. The molecule has 1 aromatic heterocycles. The molecule has 1 saturated heterocycles. The lowest BCUT2D eigenvalue weighted by atomic mass is 10.1. The van der Waals surface area contributed by atoms with Crippen molar-refractivity contribution in [2.24, 2.45) is 0 Å². The Morgan fingerprint density at radius 3 is 2.86 bits per heavy atom. The number of halogens is 2. The van der Waals surface area contributed by atoms with Crippen LogP contribution in [0.15, 0.2) is 47.0 Å². The third kappa shape index (κ3) is 3.57. The van der Waals surface area contributed by atoms with Crippen LogP contribution in [0.3, 0.4) is 0 Å². The van der Waals surface area contributed by atoms with Crippen molar-refractivity contribution < 1.29 is 14.1 Å². The highest BCUT2D eigenvalue weighted by atomic mass is 35.5. The van der Waals surface area contributed by atoms with E-state index in [1.54, 1.807) is 30.2 Å². The third-order valence-corrected chi connectivity index (χ3v) is 5.47. The highest BCUT2D eigenvalue weighted by molar-refractivity contribution is 6.42. The Balaban J connectivity index is 1.59. The first-order valence-corrected chi connectivity index (χ1v) is 9.56. The third-order valence-electron chi connectivity index (χ3n) is 4.73. The van der Waals surface area contributed by atoms with E-state index in [2.05, 4.69) is 10.1 Å². The fourth-order valence-electron chi connectivity index (χ4n) is 3.31. The van der Waals surface area contributed by atoms with Gasteiger partial charge in [0.15, 0.2) is 0 Å². The summed E-state index contributed by atoms with van der Waals surface area (Å²) in [6.45, 7) is 0.612. The number of carbonyl (C=O) groups is 1. The van der Waals surface area contributed by atoms with Gasteiger partial charge in [0.2, 0.25) is 11.7 Å². The molecule has 2 aromatic carbocycles. The molecule has 0 spiro atoms. The van der Waals surface area contributed by atoms with Gasteiger partial charge in [-0.05, 0) is 43.2 Å². The van der Waals surface area contributed by atoms with Gasteiger partial charge in [-0.1, -0.05) is 40.5 Å². The van der Waals surface area contributed by atoms with E-state index in [0.29, 0.717) is 39.6 Å². The largest absolute Gasteiger partial charge is 0.497 e. The zero-order valence-corrected chi connectivity index (χ0v) is 16.6. The van der Waals surface area contributed by atoms with Crippen LogP contribution in [0, 0.1) is 0 Å². The SMILES string of the molecule is COc1cccc(-c2noc(C3CCCN3C(=O)c3ccc(Cl)c(Cl)c3)n2)c1. The Hall–Kier alpha value is -2.57. The Kier molecular flexibility index (Phi) is 5.24.